The summed E-state index contributed by atoms with van der Waals surface area (Å²) in [5, 5.41) is 0. The van der Waals surface area contributed by atoms with E-state index in [4.69, 9.17) is 4.74 Å². The summed E-state index contributed by atoms with van der Waals surface area (Å²) in [6, 6.07) is 14.0. The van der Waals surface area contributed by atoms with Crippen LogP contribution in [0.5, 0.6) is 5.75 Å². The maximum atomic E-state index is 13.3. The molecule has 0 bridgehead atoms. The van der Waals surface area contributed by atoms with Gasteiger partial charge in [0.15, 0.2) is 5.78 Å². The maximum absolute atomic E-state index is 13.3. The van der Waals surface area contributed by atoms with Crippen LogP contribution in [0.2, 0.25) is 0 Å². The van der Waals surface area contributed by atoms with E-state index in [1.54, 1.807) is 0 Å². The van der Waals surface area contributed by atoms with Crippen molar-refractivity contribution in [1.29, 1.82) is 0 Å². The Bertz CT molecular complexity index is 637. The number of carbonyl (C=O) groups excluding carboxylic acids is 1. The predicted octanol–water partition coefficient (Wildman–Crippen LogP) is 3.82. The minimum absolute atomic E-state index is 0.0322. The van der Waals surface area contributed by atoms with Gasteiger partial charge in [-0.1, -0.05) is 30.3 Å². The third-order valence-corrected chi connectivity index (χ3v) is 3.78. The van der Waals surface area contributed by atoms with E-state index in [9.17, 15) is 9.18 Å². The van der Waals surface area contributed by atoms with Crippen LogP contribution in [-0.4, -0.2) is 12.9 Å². The lowest BCUT2D eigenvalue weighted by atomic mass is 10.0. The van der Waals surface area contributed by atoms with E-state index >= 15 is 0 Å². The van der Waals surface area contributed by atoms with E-state index in [2.05, 4.69) is 0 Å². The first-order valence-corrected chi connectivity index (χ1v) is 6.63. The number of halogens is 1. The molecular formula is C17H15FO2. The molecule has 3 heteroatoms. The first-order valence-electron chi connectivity index (χ1n) is 6.63. The van der Waals surface area contributed by atoms with E-state index in [0.717, 1.165) is 6.42 Å². The zero-order chi connectivity index (χ0) is 14.1. The maximum Gasteiger partial charge on any atom is 0.170 e. The Kier molecular flexibility index (Phi) is 3.26. The fourth-order valence-electron chi connectivity index (χ4n) is 2.63. The molecule has 0 N–H and O–H groups in total. The molecule has 0 aliphatic heterocycles. The lowest BCUT2D eigenvalue weighted by Gasteiger charge is -2.07. The minimum Gasteiger partial charge on any atom is -0.496 e. The molecule has 2 aromatic rings. The fourth-order valence-corrected chi connectivity index (χ4v) is 2.63. The first-order chi connectivity index (χ1) is 9.70. The van der Waals surface area contributed by atoms with Crippen molar-refractivity contribution in [3.8, 4) is 5.75 Å². The largest absolute Gasteiger partial charge is 0.496 e. The molecule has 0 radical (unpaired) electrons. The molecule has 0 spiro atoms. The monoisotopic (exact) mass is 270 g/mol. The fraction of sp³-hybridized carbons (Fsp3) is 0.235. The second-order valence-electron chi connectivity index (χ2n) is 5.07. The Balaban J connectivity index is 1.83. The summed E-state index contributed by atoms with van der Waals surface area (Å²) >= 11 is 0. The van der Waals surface area contributed by atoms with Gasteiger partial charge in [-0.05, 0) is 36.1 Å². The number of ether oxygens (including phenoxy) is 1. The van der Waals surface area contributed by atoms with E-state index < -0.39 is 5.82 Å². The van der Waals surface area contributed by atoms with Crippen molar-refractivity contribution in [2.45, 2.75) is 12.3 Å². The number of ketones is 1. The van der Waals surface area contributed by atoms with E-state index in [-0.39, 0.29) is 17.6 Å². The van der Waals surface area contributed by atoms with Gasteiger partial charge in [0.05, 0.1) is 12.7 Å². The van der Waals surface area contributed by atoms with Crippen LogP contribution in [0.1, 0.15) is 28.3 Å². The quantitative estimate of drug-likeness (QED) is 0.789. The van der Waals surface area contributed by atoms with Crippen LogP contribution in [0.4, 0.5) is 4.39 Å². The molecular weight excluding hydrogens is 255 g/mol. The highest BCUT2D eigenvalue weighted by atomic mass is 19.1. The van der Waals surface area contributed by atoms with Crippen molar-refractivity contribution in [1.82, 2.24) is 0 Å². The summed E-state index contributed by atoms with van der Waals surface area (Å²) in [5.41, 5.74) is 1.51. The van der Waals surface area contributed by atoms with Gasteiger partial charge in [0, 0.05) is 5.92 Å². The summed E-state index contributed by atoms with van der Waals surface area (Å²) in [6.45, 7) is 0. The molecule has 2 atom stereocenters. The zero-order valence-corrected chi connectivity index (χ0v) is 11.2. The Morgan fingerprint density at radius 1 is 1.20 bits per heavy atom. The van der Waals surface area contributed by atoms with Gasteiger partial charge < -0.3 is 4.74 Å². The standard InChI is InChI=1S/C17H15FO2/c1-20-16-8-7-12(18)9-15(16)17(19)14-10-13(14)11-5-3-2-4-6-11/h2-9,13-14H,10H2,1H3. The third-order valence-electron chi connectivity index (χ3n) is 3.78. The number of hydrogen-bond acceptors (Lipinski definition) is 2. The van der Waals surface area contributed by atoms with Gasteiger partial charge in [-0.2, -0.15) is 0 Å². The van der Waals surface area contributed by atoms with E-state index in [0.29, 0.717) is 11.3 Å². The molecule has 0 heterocycles. The number of Topliss-reactive ketones (excluding diaryl/α,β-unsaturated/α-hetero) is 1. The molecule has 102 valence electrons. The Morgan fingerprint density at radius 2 is 1.95 bits per heavy atom. The molecule has 2 aromatic carbocycles. The molecule has 1 fully saturated rings. The van der Waals surface area contributed by atoms with Gasteiger partial charge in [-0.25, -0.2) is 4.39 Å². The highest BCUT2D eigenvalue weighted by Crippen LogP contribution is 2.49. The van der Waals surface area contributed by atoms with Crippen LogP contribution < -0.4 is 4.74 Å². The van der Waals surface area contributed by atoms with Gasteiger partial charge >= 0.3 is 0 Å². The van der Waals surface area contributed by atoms with E-state index in [1.807, 2.05) is 30.3 Å². The Morgan fingerprint density at radius 3 is 2.65 bits per heavy atom. The van der Waals surface area contributed by atoms with Crippen molar-refractivity contribution in [3.63, 3.8) is 0 Å². The normalized spacial score (nSPS) is 20.5. The Labute approximate surface area is 117 Å². The minimum atomic E-state index is -0.411. The number of benzene rings is 2. The summed E-state index contributed by atoms with van der Waals surface area (Å²) in [4.78, 5) is 12.5. The second kappa shape index (κ2) is 5.08. The van der Waals surface area contributed by atoms with Crippen molar-refractivity contribution in [3.05, 3.63) is 65.5 Å². The molecule has 0 aromatic heterocycles. The SMILES string of the molecule is COc1ccc(F)cc1C(=O)C1CC1c1ccccc1. The second-order valence-corrected chi connectivity index (χ2v) is 5.07. The average Bonchev–Trinajstić information content (AvgIpc) is 3.28. The highest BCUT2D eigenvalue weighted by molar-refractivity contribution is 6.02. The number of hydrogen-bond donors (Lipinski definition) is 0. The summed E-state index contributed by atoms with van der Waals surface area (Å²) in [6.07, 6.45) is 0.822. The Hall–Kier alpha value is -2.16. The smallest absolute Gasteiger partial charge is 0.170 e. The molecule has 1 aliphatic carbocycles. The number of rotatable bonds is 4. The molecule has 1 saturated carbocycles. The summed E-state index contributed by atoms with van der Waals surface area (Å²) in [7, 11) is 1.49. The zero-order valence-electron chi connectivity index (χ0n) is 11.2. The molecule has 2 unspecified atom stereocenters. The average molecular weight is 270 g/mol. The number of methoxy groups -OCH3 is 1. The molecule has 3 rings (SSSR count). The van der Waals surface area contributed by atoms with Crippen LogP contribution in [0, 0.1) is 11.7 Å². The van der Waals surface area contributed by atoms with Crippen LogP contribution in [-0.2, 0) is 0 Å². The predicted molar refractivity (Wildman–Crippen MR) is 74.6 cm³/mol. The third kappa shape index (κ3) is 2.31. The highest BCUT2D eigenvalue weighted by Gasteiger charge is 2.44. The lowest BCUT2D eigenvalue weighted by molar-refractivity contribution is 0.0961. The van der Waals surface area contributed by atoms with Crippen LogP contribution >= 0.6 is 0 Å². The lowest BCUT2D eigenvalue weighted by Crippen LogP contribution is -2.06. The van der Waals surface area contributed by atoms with Crippen LogP contribution in [0.15, 0.2) is 48.5 Å². The van der Waals surface area contributed by atoms with Crippen molar-refractivity contribution < 1.29 is 13.9 Å². The van der Waals surface area contributed by atoms with Gasteiger partial charge in [-0.15, -0.1) is 0 Å². The number of carbonyl (C=O) groups is 1. The van der Waals surface area contributed by atoms with Gasteiger partial charge in [0.2, 0.25) is 0 Å². The van der Waals surface area contributed by atoms with Crippen molar-refractivity contribution in [2.24, 2.45) is 5.92 Å². The first kappa shape index (κ1) is 12.9. The van der Waals surface area contributed by atoms with Crippen molar-refractivity contribution >= 4 is 5.78 Å². The summed E-state index contributed by atoms with van der Waals surface area (Å²) in [5.74, 6) is 0.182. The van der Waals surface area contributed by atoms with E-state index in [1.165, 1.54) is 30.9 Å². The van der Waals surface area contributed by atoms with Gasteiger partial charge in [0.1, 0.15) is 11.6 Å². The van der Waals surface area contributed by atoms with Crippen LogP contribution in [0.3, 0.4) is 0 Å². The van der Waals surface area contributed by atoms with Gasteiger partial charge in [0.25, 0.3) is 0 Å². The molecule has 0 amide bonds. The molecule has 1 aliphatic rings. The van der Waals surface area contributed by atoms with Crippen molar-refractivity contribution in [2.75, 3.05) is 7.11 Å². The topological polar surface area (TPSA) is 26.3 Å². The molecule has 20 heavy (non-hydrogen) atoms. The van der Waals surface area contributed by atoms with Crippen LogP contribution in [0.25, 0.3) is 0 Å². The van der Waals surface area contributed by atoms with Gasteiger partial charge in [-0.3, -0.25) is 4.79 Å². The molecule has 0 saturated heterocycles. The summed E-state index contributed by atoms with van der Waals surface area (Å²) < 4.78 is 18.5. The molecule has 2 nitrogen and oxygen atoms in total.